The quantitative estimate of drug-likeness (QED) is 0.0779. The molecule has 11 fully saturated rings. The van der Waals surface area contributed by atoms with Crippen LogP contribution in [0, 0.1) is 27.1 Å². The third-order valence-electron chi connectivity index (χ3n) is 16.4. The summed E-state index contributed by atoms with van der Waals surface area (Å²) in [5.74, 6) is 0. The molecule has 5 spiro atoms. The van der Waals surface area contributed by atoms with E-state index < -0.39 is 26.3 Å². The Hall–Kier alpha value is 0.590. The summed E-state index contributed by atoms with van der Waals surface area (Å²) in [4.78, 5) is 6.76. The third-order valence-corrected chi connectivity index (χ3v) is 17.0. The average molecular weight is 1120 g/mol. The number of halogens is 2. The molecule has 11 rings (SSSR count). The van der Waals surface area contributed by atoms with Crippen LogP contribution in [0.15, 0.2) is 5.11 Å². The minimum atomic E-state index is -3.23. The fourth-order valence-corrected chi connectivity index (χ4v) is 14.1. The summed E-state index contributed by atoms with van der Waals surface area (Å²) in [6.07, 6.45) is 39.9. The first-order valence-electron chi connectivity index (χ1n) is 26.3. The van der Waals surface area contributed by atoms with Crippen molar-refractivity contribution in [2.45, 2.75) is 224 Å². The van der Waals surface area contributed by atoms with Crippen LogP contribution in [0.5, 0.6) is 0 Å². The van der Waals surface area contributed by atoms with E-state index in [2.05, 4.69) is 32.7 Å². The summed E-state index contributed by atoms with van der Waals surface area (Å²) in [6, 6.07) is 1.41. The fourth-order valence-electron chi connectivity index (χ4n) is 13.5. The topological polar surface area (TPSA) is 290 Å². The van der Waals surface area contributed by atoms with Crippen molar-refractivity contribution in [2.24, 2.45) is 43.7 Å². The van der Waals surface area contributed by atoms with E-state index in [1.807, 2.05) is 0 Å². The number of azide groups is 1. The molecule has 0 aromatic heterocycles. The van der Waals surface area contributed by atoms with E-state index in [1.165, 1.54) is 166 Å². The number of ether oxygens (including phenoxy) is 1. The first kappa shape index (κ1) is 75.7. The monoisotopic (exact) mass is 1120 g/mol. The van der Waals surface area contributed by atoms with Crippen LogP contribution in [0.3, 0.4) is 0 Å². The molecular formula is C49H100AlClFLiN9NaO8S2. The molecule has 73 heavy (non-hydrogen) atoms. The number of nitrogens with two attached hydrogens (primary N) is 2. The normalized spacial score (nSPS) is 26.9. The maximum Gasteiger partial charge on any atom is 1.00 e. The Kier molecular flexibility index (Phi) is 39.7. The second kappa shape index (κ2) is 38.3. The van der Waals surface area contributed by atoms with E-state index in [4.69, 9.17) is 48.6 Å². The van der Waals surface area contributed by atoms with Gasteiger partial charge in [-0.2, -0.15) is 8.42 Å². The fraction of sp³-hybridized carbons (Fsp3) is 1.00. The largest absolute Gasteiger partial charge is 1.00 e. The van der Waals surface area contributed by atoms with Crippen LogP contribution in [-0.4, -0.2) is 140 Å². The summed E-state index contributed by atoms with van der Waals surface area (Å²) in [5, 5.41) is 19.8. The molecule has 2 saturated heterocycles. The Morgan fingerprint density at radius 3 is 1.29 bits per heavy atom. The van der Waals surface area contributed by atoms with E-state index in [0.29, 0.717) is 39.8 Å². The maximum atomic E-state index is 10.8. The van der Waals surface area contributed by atoms with Gasteiger partial charge in [-0.3, -0.25) is 13.5 Å². The molecule has 420 valence electrons. The zero-order chi connectivity index (χ0) is 52.5. The number of alkyl halides is 1. The number of nitrogens with zero attached hydrogens (tertiary/aromatic N) is 7. The van der Waals surface area contributed by atoms with Gasteiger partial charge in [-0.15, -0.1) is 0 Å². The van der Waals surface area contributed by atoms with Crippen LogP contribution in [0.25, 0.3) is 26.4 Å². The molecule has 9 aliphatic carbocycles. The van der Waals surface area contributed by atoms with Crippen molar-refractivity contribution in [3.63, 3.8) is 0 Å². The zero-order valence-corrected chi connectivity index (χ0v) is 49.0. The molecule has 0 amide bonds. The number of hydrogen-bond acceptors (Lipinski definition) is 12. The molecule has 6 N–H and O–H groups in total. The first-order valence-corrected chi connectivity index (χ1v) is 30.1. The molecule has 24 heteroatoms. The van der Waals surface area contributed by atoms with E-state index in [-0.39, 0.29) is 86.8 Å². The van der Waals surface area contributed by atoms with Gasteiger partial charge in [0.2, 0.25) is 9.05 Å². The van der Waals surface area contributed by atoms with Crippen molar-refractivity contribution in [3.05, 3.63) is 26.4 Å². The first-order chi connectivity index (χ1) is 33.0. The molecule has 0 atom stereocenters. The third kappa shape index (κ3) is 29.6. The molecule has 17 nitrogen and oxygen atoms in total. The number of hydrogen-bond donors (Lipinski definition) is 4. The summed E-state index contributed by atoms with van der Waals surface area (Å²) >= 11 is 0. The predicted octanol–water partition coefficient (Wildman–Crippen LogP) is 4.12. The van der Waals surface area contributed by atoms with Crippen molar-refractivity contribution in [1.29, 1.82) is 0 Å². The van der Waals surface area contributed by atoms with Gasteiger partial charge in [0.25, 0.3) is 10.1 Å². The van der Waals surface area contributed by atoms with Crippen molar-refractivity contribution < 1.29 is 91.6 Å². The number of likely N-dealkylation sites (tertiary alicyclic amines) is 1. The summed E-state index contributed by atoms with van der Waals surface area (Å²) in [7, 11) is 0.284. The molecule has 0 unspecified atom stereocenters. The second-order valence-corrected chi connectivity index (χ2v) is 27.0. The molecule has 0 bridgehead atoms. The molecule has 2 aliphatic heterocycles. The van der Waals surface area contributed by atoms with Crippen LogP contribution < -0.4 is 59.9 Å². The smallest absolute Gasteiger partial charge is 1.00 e. The molecule has 9 saturated carbocycles. The molecule has 11 aliphatic rings. The van der Waals surface area contributed by atoms with Crippen LogP contribution in [-0.2, 0) is 28.1 Å². The Balaban J connectivity index is -0.000000385. The van der Waals surface area contributed by atoms with Crippen LogP contribution in [0.2, 0.25) is 0 Å². The number of rotatable bonds is 3. The van der Waals surface area contributed by atoms with Crippen molar-refractivity contribution >= 4 is 47.2 Å². The minimum Gasteiger partial charge on any atom is -1.00 e. The summed E-state index contributed by atoms with van der Waals surface area (Å²) < 4.78 is 65.8. The Morgan fingerprint density at radius 1 is 0.712 bits per heavy atom. The van der Waals surface area contributed by atoms with E-state index in [9.17, 15) is 21.2 Å². The van der Waals surface area contributed by atoms with E-state index in [0.717, 1.165) is 76.8 Å². The minimum absolute atomic E-state index is 0. The van der Waals surface area contributed by atoms with Crippen LogP contribution in [0.1, 0.15) is 196 Å². The average Bonchev–Trinajstić information content (AvgIpc) is 4.07. The Labute approximate surface area is 493 Å². The molecule has 0 aromatic carbocycles. The molecule has 0 aromatic rings. The SMILES string of the molecule is C.C1CCOC1.CN1CCC2(CC(N)C2)C1.CO.CS(=O)(=O)Cl.CS(=O)(=O)OC1CC2(CCCC2)C1.NC1CC2(CCCC2)C1.OC1CC2(CCCC2)C1.[2H]CF.[AlH3].[H-].[Li+].[N-]=[N+]=NC1CC2(CCCC2)C1.[N-]=[N+]=[N-].[Na+]. The van der Waals surface area contributed by atoms with Gasteiger partial charge in [-0.1, -0.05) is 63.9 Å². The molecular weight excluding hydrogens is 1020 g/mol. The summed E-state index contributed by atoms with van der Waals surface area (Å²) in [6.45, 7) is 4.58. The van der Waals surface area contributed by atoms with E-state index >= 15 is 0 Å². The standard InChI is InChI=1S/C9H16O3S.C8H13N3.C8H16N2.C8H15N.C8H14O.C4H8O.CH3ClO2S.CH3F.CH4O.CH4.Al.Li.N3.Na.4H/c1-13(10,11)12-8-6-9(7-8)4-2-3-5-9;9-11-10-7-5-8(6-7)3-1-2-4-8;1-10-3-2-8(6-10)4-7(9)5-8;2*9-7-5-8(6-7)3-1-2-4-8;1-2-4-5-3-1;1-5(2,3)4;2*1-2;;;;1-3-2;;;;;/h8H,2-7H2,1H3;7H,1-6H2;7H,2-6,9H2,1H3;7H,1-6,9H2;7,9H,1-6H2;1-4H2;1H3;1H3;2H,1H3;1H4;;;;;;;;/q;;;;;;;;;;;+1;-1;+1;;;;-1/i;;;;;;;1D;;;;;;;;;;. The number of aliphatic hydroxyl groups is 2. The van der Waals surface area contributed by atoms with Gasteiger partial charge in [0, 0.05) is 60.6 Å². The zero-order valence-electron chi connectivity index (χ0n) is 46.6. The van der Waals surface area contributed by atoms with Crippen LogP contribution >= 0.6 is 10.7 Å². The van der Waals surface area contributed by atoms with Crippen molar-refractivity contribution in [1.82, 2.24) is 4.90 Å². The van der Waals surface area contributed by atoms with Gasteiger partial charge < -0.3 is 43.8 Å². The Bertz CT molecular complexity index is 1730. The van der Waals surface area contributed by atoms with E-state index in [1.54, 1.807) is 0 Å². The molecule has 0 radical (unpaired) electrons. The molecule has 2 heterocycles. The van der Waals surface area contributed by atoms with Crippen molar-refractivity contribution in [2.75, 3.05) is 60.1 Å². The predicted molar refractivity (Wildman–Crippen MR) is 293 cm³/mol. The van der Waals surface area contributed by atoms with Gasteiger partial charge >= 0.3 is 48.4 Å². The maximum absolute atomic E-state index is 10.8. The van der Waals surface area contributed by atoms with Gasteiger partial charge in [0.15, 0.2) is 17.4 Å². The van der Waals surface area contributed by atoms with Gasteiger partial charge in [0.1, 0.15) is 0 Å². The van der Waals surface area contributed by atoms with Gasteiger partial charge in [0.05, 0.1) is 33.2 Å². The van der Waals surface area contributed by atoms with Gasteiger partial charge in [-0.05, 0) is 181 Å². The Morgan fingerprint density at radius 2 is 1.03 bits per heavy atom. The summed E-state index contributed by atoms with van der Waals surface area (Å²) in [5.41, 5.74) is 36.3. The van der Waals surface area contributed by atoms with Crippen molar-refractivity contribution in [3.8, 4) is 0 Å². The number of aliphatic hydroxyl groups excluding tert-OH is 2. The van der Waals surface area contributed by atoms with Gasteiger partial charge in [-0.25, -0.2) is 8.42 Å². The van der Waals surface area contributed by atoms with Crippen LogP contribution in [0.4, 0.5) is 4.39 Å². The second-order valence-electron chi connectivity index (χ2n) is 22.4.